The van der Waals surface area contributed by atoms with Crippen molar-refractivity contribution >= 4 is 0 Å². The van der Waals surface area contributed by atoms with E-state index >= 15 is 0 Å². The molecule has 0 unspecified atom stereocenters. The van der Waals surface area contributed by atoms with Gasteiger partial charge < -0.3 is 9.47 Å². The van der Waals surface area contributed by atoms with Gasteiger partial charge in [-0.05, 0) is 47.5 Å². The van der Waals surface area contributed by atoms with Gasteiger partial charge in [-0.25, -0.2) is 24.9 Å². The molecule has 7 heteroatoms. The zero-order chi connectivity index (χ0) is 37.3. The molecule has 0 aliphatic carbocycles. The molecule has 0 N–H and O–H groups in total. The lowest BCUT2D eigenvalue weighted by Crippen LogP contribution is -2.02. The Bertz CT molecular complexity index is 2740. The van der Waals surface area contributed by atoms with Crippen LogP contribution in [0.3, 0.4) is 0 Å². The van der Waals surface area contributed by atoms with Crippen molar-refractivity contribution in [2.45, 2.75) is 0 Å². The summed E-state index contributed by atoms with van der Waals surface area (Å²) in [5, 5.41) is 0. The summed E-state index contributed by atoms with van der Waals surface area (Å²) in [4.78, 5) is 25.6. The Labute approximate surface area is 323 Å². The molecule has 10 rings (SSSR count). The van der Waals surface area contributed by atoms with Crippen molar-refractivity contribution in [2.75, 3.05) is 0 Å². The summed E-state index contributed by atoms with van der Waals surface area (Å²) in [5.41, 5.74) is 8.81. The number of nitrogens with zero attached hydrogens (tertiary/aromatic N) is 5. The van der Waals surface area contributed by atoms with Crippen LogP contribution in [0.4, 0.5) is 0 Å². The maximum atomic E-state index is 6.36. The fourth-order valence-electron chi connectivity index (χ4n) is 6.83. The van der Waals surface area contributed by atoms with Crippen LogP contribution in [0.25, 0.3) is 79.2 Å². The predicted molar refractivity (Wildman–Crippen MR) is 220 cm³/mol. The highest BCUT2D eigenvalue weighted by atomic mass is 16.6. The summed E-state index contributed by atoms with van der Waals surface area (Å²) >= 11 is 0. The molecule has 0 atom stereocenters. The van der Waals surface area contributed by atoms with E-state index in [0.29, 0.717) is 46.3 Å². The third-order valence-electron chi connectivity index (χ3n) is 9.63. The molecule has 1 aliphatic heterocycles. The monoisotopic (exact) mass is 721 g/mol. The van der Waals surface area contributed by atoms with Crippen molar-refractivity contribution in [2.24, 2.45) is 0 Å². The number of hydrogen-bond donors (Lipinski definition) is 0. The molecule has 9 aromatic rings. The number of aromatic nitrogens is 5. The van der Waals surface area contributed by atoms with E-state index in [2.05, 4.69) is 42.5 Å². The minimum absolute atomic E-state index is 0.511. The number of rotatable bonds is 7. The fourth-order valence-corrected chi connectivity index (χ4v) is 6.83. The number of ether oxygens (including phenoxy) is 2. The van der Waals surface area contributed by atoms with Gasteiger partial charge in [0.25, 0.3) is 0 Å². The van der Waals surface area contributed by atoms with E-state index in [4.69, 9.17) is 34.4 Å². The lowest BCUT2D eigenvalue weighted by atomic mass is 9.95. The molecule has 0 amide bonds. The molecule has 0 radical (unpaired) electrons. The number of para-hydroxylation sites is 2. The predicted octanol–water partition coefficient (Wildman–Crippen LogP) is 12.2. The summed E-state index contributed by atoms with van der Waals surface area (Å²) in [6, 6.07) is 62.2. The molecule has 1 aliphatic rings. The van der Waals surface area contributed by atoms with Crippen LogP contribution in [0.5, 0.6) is 23.0 Å². The normalized spacial score (nSPS) is 11.5. The summed E-state index contributed by atoms with van der Waals surface area (Å²) in [5.74, 6) is 4.83. The SMILES string of the molecule is c1ccc(-c2cc(-c3ccccc3)nc(-c3ccc(-c4ccc5c(c4)Oc4ccccc4O5)c(-c4nc(-c5ccccc5)nc(-c5ccccc5)n4)c3)n2)cc1. The van der Waals surface area contributed by atoms with Crippen LogP contribution in [0.1, 0.15) is 0 Å². The van der Waals surface area contributed by atoms with Crippen molar-refractivity contribution in [3.05, 3.63) is 188 Å². The Balaban J connectivity index is 1.19. The van der Waals surface area contributed by atoms with Gasteiger partial charge in [-0.15, -0.1) is 0 Å². The quantitative estimate of drug-likeness (QED) is 0.162. The van der Waals surface area contributed by atoms with Crippen molar-refractivity contribution in [1.29, 1.82) is 0 Å². The topological polar surface area (TPSA) is 82.9 Å². The largest absolute Gasteiger partial charge is 0.450 e. The Morgan fingerprint density at radius 3 is 1.23 bits per heavy atom. The van der Waals surface area contributed by atoms with E-state index in [-0.39, 0.29) is 0 Å². The zero-order valence-electron chi connectivity index (χ0n) is 30.0. The van der Waals surface area contributed by atoms with E-state index in [1.54, 1.807) is 0 Å². The van der Waals surface area contributed by atoms with Gasteiger partial charge in [-0.2, -0.15) is 0 Å². The van der Waals surface area contributed by atoms with E-state index in [1.165, 1.54) is 0 Å². The van der Waals surface area contributed by atoms with Crippen LogP contribution in [0.2, 0.25) is 0 Å². The second kappa shape index (κ2) is 14.2. The molecule has 56 heavy (non-hydrogen) atoms. The van der Waals surface area contributed by atoms with E-state index < -0.39 is 0 Å². The molecule has 0 bridgehead atoms. The average molecular weight is 722 g/mol. The highest BCUT2D eigenvalue weighted by molar-refractivity contribution is 5.86. The maximum absolute atomic E-state index is 6.36. The van der Waals surface area contributed by atoms with Crippen molar-refractivity contribution < 1.29 is 9.47 Å². The summed E-state index contributed by atoms with van der Waals surface area (Å²) in [6.07, 6.45) is 0. The average Bonchev–Trinajstić information content (AvgIpc) is 3.29. The molecular formula is C49H31N5O2. The van der Waals surface area contributed by atoms with Crippen LogP contribution in [-0.2, 0) is 0 Å². The molecule has 7 nitrogen and oxygen atoms in total. The van der Waals surface area contributed by atoms with E-state index in [9.17, 15) is 0 Å². The molecule has 0 fully saturated rings. The van der Waals surface area contributed by atoms with E-state index in [0.717, 1.165) is 55.9 Å². The van der Waals surface area contributed by atoms with Gasteiger partial charge in [-0.1, -0.05) is 152 Å². The first-order valence-electron chi connectivity index (χ1n) is 18.3. The molecular weight excluding hydrogens is 691 g/mol. The molecule has 0 spiro atoms. The van der Waals surface area contributed by atoms with Gasteiger partial charge in [0.05, 0.1) is 11.4 Å². The molecule has 0 saturated heterocycles. The third-order valence-corrected chi connectivity index (χ3v) is 9.63. The Morgan fingerprint density at radius 2 is 0.679 bits per heavy atom. The van der Waals surface area contributed by atoms with E-state index in [1.807, 2.05) is 146 Å². The first-order chi connectivity index (χ1) is 27.7. The molecule has 7 aromatic carbocycles. The Morgan fingerprint density at radius 1 is 0.250 bits per heavy atom. The van der Waals surface area contributed by atoms with Crippen LogP contribution in [-0.4, -0.2) is 24.9 Å². The third kappa shape index (κ3) is 6.44. The number of hydrogen-bond acceptors (Lipinski definition) is 7. The van der Waals surface area contributed by atoms with Crippen molar-refractivity contribution in [3.8, 4) is 102 Å². The van der Waals surface area contributed by atoms with Gasteiger partial charge in [0.2, 0.25) is 0 Å². The van der Waals surface area contributed by atoms with Gasteiger partial charge in [0.15, 0.2) is 46.3 Å². The second-order valence-electron chi connectivity index (χ2n) is 13.3. The minimum atomic E-state index is 0.511. The standard InChI is InChI=1S/C49H31N5O2/c1-5-15-32(16-6-1)40-31-41(33-17-7-2-8-18-33)51-48(50-40)37-25-27-38(36-26-28-44-45(30-36)56-43-24-14-13-23-42(43)55-44)39(29-37)49-53-46(34-19-9-3-10-20-34)52-47(54-49)35-21-11-4-12-22-35/h1-31H. The summed E-state index contributed by atoms with van der Waals surface area (Å²) in [6.45, 7) is 0. The molecule has 0 saturated carbocycles. The lowest BCUT2D eigenvalue weighted by Gasteiger charge is -2.21. The molecule has 2 aromatic heterocycles. The van der Waals surface area contributed by atoms with Gasteiger partial charge in [0.1, 0.15) is 0 Å². The maximum Gasteiger partial charge on any atom is 0.170 e. The Kier molecular flexibility index (Phi) is 8.35. The van der Waals surface area contributed by atoms with Gasteiger partial charge in [0, 0.05) is 33.4 Å². The Hall–Kier alpha value is -7.77. The fraction of sp³-hybridized carbons (Fsp3) is 0. The first-order valence-corrected chi connectivity index (χ1v) is 18.3. The van der Waals surface area contributed by atoms with Gasteiger partial charge >= 0.3 is 0 Å². The van der Waals surface area contributed by atoms with Crippen molar-refractivity contribution in [3.63, 3.8) is 0 Å². The van der Waals surface area contributed by atoms with Crippen LogP contribution >= 0.6 is 0 Å². The second-order valence-corrected chi connectivity index (χ2v) is 13.3. The zero-order valence-corrected chi connectivity index (χ0v) is 30.0. The molecule has 3 heterocycles. The van der Waals surface area contributed by atoms with Crippen LogP contribution in [0, 0.1) is 0 Å². The highest BCUT2D eigenvalue weighted by Crippen LogP contribution is 2.47. The summed E-state index contributed by atoms with van der Waals surface area (Å²) < 4.78 is 12.6. The van der Waals surface area contributed by atoms with Crippen LogP contribution < -0.4 is 9.47 Å². The lowest BCUT2D eigenvalue weighted by molar-refractivity contribution is 0.360. The number of benzene rings is 7. The molecule has 264 valence electrons. The highest BCUT2D eigenvalue weighted by Gasteiger charge is 2.22. The minimum Gasteiger partial charge on any atom is -0.450 e. The van der Waals surface area contributed by atoms with Crippen molar-refractivity contribution in [1.82, 2.24) is 24.9 Å². The number of fused-ring (bicyclic) bond motifs is 2. The first kappa shape index (κ1) is 32.8. The van der Waals surface area contributed by atoms with Crippen LogP contribution in [0.15, 0.2) is 188 Å². The van der Waals surface area contributed by atoms with Gasteiger partial charge in [-0.3, -0.25) is 0 Å². The smallest absolute Gasteiger partial charge is 0.170 e. The summed E-state index contributed by atoms with van der Waals surface area (Å²) in [7, 11) is 0.